The van der Waals surface area contributed by atoms with Gasteiger partial charge in [0.15, 0.2) is 11.5 Å². The highest BCUT2D eigenvalue weighted by atomic mass is 16.5. The molecule has 3 rings (SSSR count). The van der Waals surface area contributed by atoms with Crippen LogP contribution in [0.3, 0.4) is 0 Å². The fraction of sp³-hybridized carbons (Fsp3) is 0.125. The summed E-state index contributed by atoms with van der Waals surface area (Å²) < 4.78 is 10.5. The fourth-order valence-corrected chi connectivity index (χ4v) is 2.24. The molecular formula is C16H14N2O3. The predicted octanol–water partition coefficient (Wildman–Crippen LogP) is 2.81. The molecule has 0 aliphatic heterocycles. The Bertz CT molecular complexity index is 794. The normalized spacial score (nSPS) is 10.6. The summed E-state index contributed by atoms with van der Waals surface area (Å²) in [5.41, 5.74) is 1.70. The first kappa shape index (κ1) is 13.2. The minimum atomic E-state index is -0.130. The van der Waals surface area contributed by atoms with Crippen molar-refractivity contribution < 1.29 is 14.3 Å². The van der Waals surface area contributed by atoms with E-state index in [-0.39, 0.29) is 5.78 Å². The van der Waals surface area contributed by atoms with Crippen LogP contribution >= 0.6 is 0 Å². The number of fused-ring (bicyclic) bond motifs is 1. The van der Waals surface area contributed by atoms with E-state index in [0.29, 0.717) is 28.1 Å². The number of H-pyrrole nitrogens is 1. The first-order valence-corrected chi connectivity index (χ1v) is 6.44. The molecule has 0 bridgehead atoms. The van der Waals surface area contributed by atoms with Crippen LogP contribution in [0.5, 0.6) is 11.5 Å². The van der Waals surface area contributed by atoms with Crippen molar-refractivity contribution >= 4 is 16.7 Å². The molecule has 0 atom stereocenters. The van der Waals surface area contributed by atoms with Crippen molar-refractivity contribution in [3.05, 3.63) is 53.7 Å². The number of ether oxygens (including phenoxy) is 2. The predicted molar refractivity (Wildman–Crippen MR) is 79.1 cm³/mol. The van der Waals surface area contributed by atoms with Gasteiger partial charge in [-0.25, -0.2) is 0 Å². The molecule has 0 aliphatic rings. The lowest BCUT2D eigenvalue weighted by molar-refractivity contribution is 0.103. The molecule has 1 heterocycles. The number of carbonyl (C=O) groups excluding carboxylic acids is 1. The fourth-order valence-electron chi connectivity index (χ4n) is 2.24. The zero-order chi connectivity index (χ0) is 14.8. The average molecular weight is 282 g/mol. The molecule has 0 fully saturated rings. The Morgan fingerprint density at radius 1 is 1.05 bits per heavy atom. The molecule has 0 radical (unpaired) electrons. The van der Waals surface area contributed by atoms with Crippen LogP contribution in [0.4, 0.5) is 0 Å². The smallest absolute Gasteiger partial charge is 0.213 e. The molecule has 0 aliphatic carbocycles. The molecule has 3 aromatic rings. The molecule has 1 aromatic heterocycles. The average Bonchev–Trinajstić information content (AvgIpc) is 2.96. The van der Waals surface area contributed by atoms with Crippen molar-refractivity contribution in [2.24, 2.45) is 0 Å². The van der Waals surface area contributed by atoms with E-state index in [0.717, 1.165) is 5.52 Å². The van der Waals surface area contributed by atoms with Crippen molar-refractivity contribution in [2.45, 2.75) is 0 Å². The Labute approximate surface area is 121 Å². The van der Waals surface area contributed by atoms with E-state index in [2.05, 4.69) is 10.2 Å². The minimum absolute atomic E-state index is 0.130. The van der Waals surface area contributed by atoms with Crippen molar-refractivity contribution in [2.75, 3.05) is 14.2 Å². The molecule has 21 heavy (non-hydrogen) atoms. The third-order valence-corrected chi connectivity index (χ3v) is 3.32. The second kappa shape index (κ2) is 5.28. The van der Waals surface area contributed by atoms with Crippen molar-refractivity contribution in [1.29, 1.82) is 0 Å². The van der Waals surface area contributed by atoms with Gasteiger partial charge < -0.3 is 9.47 Å². The SMILES string of the molecule is COc1cc2[nH]nc(C(=O)c3ccccc3)c2cc1OC. The molecule has 5 nitrogen and oxygen atoms in total. The van der Waals surface area contributed by atoms with Crippen LogP contribution in [0.25, 0.3) is 10.9 Å². The lowest BCUT2D eigenvalue weighted by atomic mass is 10.1. The first-order chi connectivity index (χ1) is 10.2. The molecule has 106 valence electrons. The zero-order valence-electron chi connectivity index (χ0n) is 11.7. The van der Waals surface area contributed by atoms with E-state index in [4.69, 9.17) is 9.47 Å². The summed E-state index contributed by atoms with van der Waals surface area (Å²) in [6.07, 6.45) is 0. The summed E-state index contributed by atoms with van der Waals surface area (Å²) in [5, 5.41) is 7.70. The van der Waals surface area contributed by atoms with Gasteiger partial charge in [-0.05, 0) is 6.07 Å². The van der Waals surface area contributed by atoms with Crippen molar-refractivity contribution in [3.8, 4) is 11.5 Å². The van der Waals surface area contributed by atoms with E-state index >= 15 is 0 Å². The number of methoxy groups -OCH3 is 2. The Kier molecular flexibility index (Phi) is 3.31. The maximum Gasteiger partial charge on any atom is 0.213 e. The summed E-state index contributed by atoms with van der Waals surface area (Å²) in [6.45, 7) is 0. The van der Waals surface area contributed by atoms with E-state index < -0.39 is 0 Å². The lowest BCUT2D eigenvalue weighted by Crippen LogP contribution is -2.02. The van der Waals surface area contributed by atoms with Gasteiger partial charge in [-0.2, -0.15) is 5.10 Å². The van der Waals surface area contributed by atoms with Crippen molar-refractivity contribution in [3.63, 3.8) is 0 Å². The summed E-state index contributed by atoms with van der Waals surface area (Å²) in [4.78, 5) is 12.5. The van der Waals surface area contributed by atoms with Crippen LogP contribution in [-0.2, 0) is 0 Å². The highest BCUT2D eigenvalue weighted by molar-refractivity contribution is 6.15. The van der Waals surface area contributed by atoms with E-state index in [1.54, 1.807) is 38.5 Å². The van der Waals surface area contributed by atoms with Gasteiger partial charge in [-0.3, -0.25) is 9.89 Å². The van der Waals surface area contributed by atoms with Gasteiger partial charge in [0.2, 0.25) is 5.78 Å². The quantitative estimate of drug-likeness (QED) is 0.747. The summed E-state index contributed by atoms with van der Waals surface area (Å²) in [7, 11) is 3.12. The molecule has 0 saturated heterocycles. The number of aromatic nitrogens is 2. The molecule has 5 heteroatoms. The monoisotopic (exact) mass is 282 g/mol. The van der Waals surface area contributed by atoms with Crippen LogP contribution in [-0.4, -0.2) is 30.2 Å². The van der Waals surface area contributed by atoms with E-state index in [1.807, 2.05) is 18.2 Å². The number of benzene rings is 2. The Morgan fingerprint density at radius 3 is 2.38 bits per heavy atom. The largest absolute Gasteiger partial charge is 0.493 e. The lowest BCUT2D eigenvalue weighted by Gasteiger charge is -2.07. The summed E-state index contributed by atoms with van der Waals surface area (Å²) in [5.74, 6) is 1.02. The standard InChI is InChI=1S/C16H14N2O3/c1-20-13-8-11-12(9-14(13)21-2)17-18-15(11)16(19)10-6-4-3-5-7-10/h3-9H,1-2H3,(H,17,18). The second-order valence-electron chi connectivity index (χ2n) is 4.52. The molecule has 0 spiro atoms. The maximum absolute atomic E-state index is 12.5. The van der Waals surface area contributed by atoms with Gasteiger partial charge in [0, 0.05) is 17.0 Å². The third kappa shape index (κ3) is 2.23. The Hall–Kier alpha value is -2.82. The van der Waals surface area contributed by atoms with Crippen LogP contribution in [0.1, 0.15) is 16.1 Å². The Balaban J connectivity index is 2.14. The highest BCUT2D eigenvalue weighted by Gasteiger charge is 2.18. The number of rotatable bonds is 4. The van der Waals surface area contributed by atoms with E-state index in [9.17, 15) is 4.79 Å². The van der Waals surface area contributed by atoms with Gasteiger partial charge in [0.25, 0.3) is 0 Å². The van der Waals surface area contributed by atoms with Crippen LogP contribution in [0.15, 0.2) is 42.5 Å². The first-order valence-electron chi connectivity index (χ1n) is 6.44. The van der Waals surface area contributed by atoms with Gasteiger partial charge in [-0.15, -0.1) is 0 Å². The molecule has 2 aromatic carbocycles. The molecule has 0 unspecified atom stereocenters. The van der Waals surface area contributed by atoms with Crippen LogP contribution in [0, 0.1) is 0 Å². The molecule has 0 amide bonds. The second-order valence-corrected chi connectivity index (χ2v) is 4.52. The van der Waals surface area contributed by atoms with Gasteiger partial charge in [-0.1, -0.05) is 30.3 Å². The number of nitrogens with zero attached hydrogens (tertiary/aromatic N) is 1. The van der Waals surface area contributed by atoms with Crippen molar-refractivity contribution in [1.82, 2.24) is 10.2 Å². The number of nitrogens with one attached hydrogen (secondary N) is 1. The highest BCUT2D eigenvalue weighted by Crippen LogP contribution is 2.33. The number of aromatic amines is 1. The summed E-state index contributed by atoms with van der Waals surface area (Å²) >= 11 is 0. The molecule has 1 N–H and O–H groups in total. The van der Waals surface area contributed by atoms with Gasteiger partial charge >= 0.3 is 0 Å². The maximum atomic E-state index is 12.5. The van der Waals surface area contributed by atoms with Crippen LogP contribution in [0.2, 0.25) is 0 Å². The Morgan fingerprint density at radius 2 is 1.71 bits per heavy atom. The number of carbonyl (C=O) groups is 1. The third-order valence-electron chi connectivity index (χ3n) is 3.32. The van der Waals surface area contributed by atoms with Crippen LogP contribution < -0.4 is 9.47 Å². The zero-order valence-corrected chi connectivity index (χ0v) is 11.7. The summed E-state index contributed by atoms with van der Waals surface area (Å²) in [6, 6.07) is 12.6. The number of ketones is 1. The number of hydrogen-bond acceptors (Lipinski definition) is 4. The van der Waals surface area contributed by atoms with Gasteiger partial charge in [0.05, 0.1) is 19.7 Å². The van der Waals surface area contributed by atoms with Gasteiger partial charge in [0.1, 0.15) is 5.69 Å². The minimum Gasteiger partial charge on any atom is -0.493 e. The number of hydrogen-bond donors (Lipinski definition) is 1. The van der Waals surface area contributed by atoms with E-state index in [1.165, 1.54) is 0 Å². The molecule has 0 saturated carbocycles. The topological polar surface area (TPSA) is 64.2 Å². The molecular weight excluding hydrogens is 268 g/mol.